The number of carbonyl (C=O) groups excluding carboxylic acids is 1. The number of nitrogens with zero attached hydrogens (tertiary/aromatic N) is 4. The molecular weight excluding hydrogens is 444 g/mol. The summed E-state index contributed by atoms with van der Waals surface area (Å²) in [5.41, 5.74) is 2.60. The number of amides is 1. The van der Waals surface area contributed by atoms with Crippen LogP contribution in [0.5, 0.6) is 11.5 Å². The molecule has 184 valence electrons. The van der Waals surface area contributed by atoms with Crippen LogP contribution in [0.3, 0.4) is 0 Å². The van der Waals surface area contributed by atoms with Gasteiger partial charge in [-0.25, -0.2) is 4.68 Å². The van der Waals surface area contributed by atoms with Gasteiger partial charge in [-0.3, -0.25) is 9.59 Å². The molecule has 1 amide bonds. The van der Waals surface area contributed by atoms with Crippen LogP contribution in [0.1, 0.15) is 19.8 Å². The van der Waals surface area contributed by atoms with E-state index >= 15 is 0 Å². The van der Waals surface area contributed by atoms with Crippen LogP contribution in [0.25, 0.3) is 11.3 Å². The molecule has 35 heavy (non-hydrogen) atoms. The minimum Gasteiger partial charge on any atom is -0.497 e. The molecule has 0 N–H and O–H groups in total. The van der Waals surface area contributed by atoms with Gasteiger partial charge in [0.15, 0.2) is 0 Å². The lowest BCUT2D eigenvalue weighted by Crippen LogP contribution is -2.48. The fraction of sp³-hybridized carbons (Fsp3) is 0.370. The maximum Gasteiger partial charge on any atom is 0.266 e. The Kier molecular flexibility index (Phi) is 8.03. The fourth-order valence-electron chi connectivity index (χ4n) is 4.20. The molecule has 1 aliphatic rings. The van der Waals surface area contributed by atoms with Gasteiger partial charge in [-0.1, -0.05) is 0 Å². The van der Waals surface area contributed by atoms with Crippen molar-refractivity contribution in [1.29, 1.82) is 0 Å². The van der Waals surface area contributed by atoms with Crippen molar-refractivity contribution in [2.75, 3.05) is 44.8 Å². The van der Waals surface area contributed by atoms with Gasteiger partial charge in [-0.15, -0.1) is 0 Å². The Morgan fingerprint density at radius 1 is 0.914 bits per heavy atom. The molecule has 1 fully saturated rings. The normalized spacial score (nSPS) is 13.5. The van der Waals surface area contributed by atoms with Crippen molar-refractivity contribution in [3.05, 3.63) is 71.0 Å². The number of piperazine rings is 1. The standard InChI is InChI=1S/C27H32N4O4/c1-3-35-24-10-6-21(7-11-24)25-14-15-27(33)31(28-25)16-4-5-26(32)30-19-17-29(18-20-30)22-8-12-23(34-2)13-9-22/h6-15H,3-5,16-20H2,1-2H3. The number of hydrogen-bond acceptors (Lipinski definition) is 6. The Morgan fingerprint density at radius 3 is 2.26 bits per heavy atom. The van der Waals surface area contributed by atoms with Gasteiger partial charge in [0.25, 0.3) is 5.56 Å². The van der Waals surface area contributed by atoms with Crippen molar-refractivity contribution in [3.8, 4) is 22.8 Å². The number of aryl methyl sites for hydroxylation is 1. The number of anilines is 1. The van der Waals surface area contributed by atoms with Gasteiger partial charge in [-0.2, -0.15) is 5.10 Å². The molecule has 0 radical (unpaired) electrons. The molecular formula is C27H32N4O4. The van der Waals surface area contributed by atoms with Crippen LogP contribution in [0, 0.1) is 0 Å². The molecule has 4 rings (SSSR count). The molecule has 0 bridgehead atoms. The van der Waals surface area contributed by atoms with Gasteiger partial charge in [0.1, 0.15) is 11.5 Å². The average molecular weight is 477 g/mol. The van der Waals surface area contributed by atoms with Crippen LogP contribution in [0.15, 0.2) is 65.5 Å². The van der Waals surface area contributed by atoms with Crippen LogP contribution >= 0.6 is 0 Å². The number of hydrogen-bond donors (Lipinski definition) is 0. The lowest BCUT2D eigenvalue weighted by molar-refractivity contribution is -0.131. The first-order chi connectivity index (χ1) is 17.1. The van der Waals surface area contributed by atoms with Crippen molar-refractivity contribution in [2.24, 2.45) is 0 Å². The summed E-state index contributed by atoms with van der Waals surface area (Å²) in [5.74, 6) is 1.75. The van der Waals surface area contributed by atoms with E-state index in [9.17, 15) is 9.59 Å². The Balaban J connectivity index is 1.27. The van der Waals surface area contributed by atoms with Crippen molar-refractivity contribution < 1.29 is 14.3 Å². The topological polar surface area (TPSA) is 76.9 Å². The van der Waals surface area contributed by atoms with Crippen molar-refractivity contribution in [3.63, 3.8) is 0 Å². The summed E-state index contributed by atoms with van der Waals surface area (Å²) < 4.78 is 12.1. The van der Waals surface area contributed by atoms with E-state index in [0.29, 0.717) is 44.8 Å². The molecule has 2 aromatic carbocycles. The molecule has 8 nitrogen and oxygen atoms in total. The number of aromatic nitrogens is 2. The maximum atomic E-state index is 12.7. The molecule has 0 atom stereocenters. The van der Waals surface area contributed by atoms with Crippen molar-refractivity contribution in [2.45, 2.75) is 26.3 Å². The summed E-state index contributed by atoms with van der Waals surface area (Å²) in [5, 5.41) is 4.51. The average Bonchev–Trinajstić information content (AvgIpc) is 2.90. The molecule has 0 saturated carbocycles. The predicted molar refractivity (Wildman–Crippen MR) is 136 cm³/mol. The first-order valence-electron chi connectivity index (χ1n) is 12.1. The van der Waals surface area contributed by atoms with E-state index in [0.717, 1.165) is 35.8 Å². The minimum atomic E-state index is -0.166. The summed E-state index contributed by atoms with van der Waals surface area (Å²) in [4.78, 5) is 29.2. The van der Waals surface area contributed by atoms with Gasteiger partial charge in [0, 0.05) is 56.5 Å². The van der Waals surface area contributed by atoms with Crippen LogP contribution in [0.4, 0.5) is 5.69 Å². The molecule has 0 aliphatic carbocycles. The first kappa shape index (κ1) is 24.3. The van der Waals surface area contributed by atoms with Crippen molar-refractivity contribution >= 4 is 11.6 Å². The van der Waals surface area contributed by atoms with E-state index in [4.69, 9.17) is 9.47 Å². The van der Waals surface area contributed by atoms with E-state index in [1.54, 1.807) is 13.2 Å². The highest BCUT2D eigenvalue weighted by atomic mass is 16.5. The monoisotopic (exact) mass is 476 g/mol. The number of rotatable bonds is 9. The molecule has 0 spiro atoms. The zero-order valence-electron chi connectivity index (χ0n) is 20.4. The van der Waals surface area contributed by atoms with E-state index in [2.05, 4.69) is 10.00 Å². The molecule has 0 unspecified atom stereocenters. The van der Waals surface area contributed by atoms with E-state index < -0.39 is 0 Å². The maximum absolute atomic E-state index is 12.7. The Labute approximate surface area is 205 Å². The van der Waals surface area contributed by atoms with Gasteiger partial charge in [-0.05, 0) is 67.9 Å². The lowest BCUT2D eigenvalue weighted by Gasteiger charge is -2.36. The largest absolute Gasteiger partial charge is 0.497 e. The van der Waals surface area contributed by atoms with E-state index in [1.807, 2.05) is 60.4 Å². The highest BCUT2D eigenvalue weighted by molar-refractivity contribution is 5.76. The third-order valence-corrected chi connectivity index (χ3v) is 6.16. The number of methoxy groups -OCH3 is 1. The second-order valence-electron chi connectivity index (χ2n) is 8.41. The van der Waals surface area contributed by atoms with E-state index in [-0.39, 0.29) is 11.5 Å². The minimum absolute atomic E-state index is 0.120. The highest BCUT2D eigenvalue weighted by Crippen LogP contribution is 2.21. The number of benzene rings is 2. The van der Waals surface area contributed by atoms with Crippen LogP contribution in [0.2, 0.25) is 0 Å². The fourth-order valence-corrected chi connectivity index (χ4v) is 4.20. The smallest absolute Gasteiger partial charge is 0.266 e. The van der Waals surface area contributed by atoms with Gasteiger partial charge >= 0.3 is 0 Å². The lowest BCUT2D eigenvalue weighted by atomic mass is 10.1. The summed E-state index contributed by atoms with van der Waals surface area (Å²) in [6.45, 7) is 5.93. The van der Waals surface area contributed by atoms with Crippen LogP contribution in [-0.4, -0.2) is 60.5 Å². The quantitative estimate of drug-likeness (QED) is 0.471. The van der Waals surface area contributed by atoms with Crippen LogP contribution in [-0.2, 0) is 11.3 Å². The molecule has 1 aliphatic heterocycles. The molecule has 1 saturated heterocycles. The van der Waals surface area contributed by atoms with Gasteiger partial charge < -0.3 is 19.3 Å². The Morgan fingerprint density at radius 2 is 1.60 bits per heavy atom. The molecule has 8 heteroatoms. The highest BCUT2D eigenvalue weighted by Gasteiger charge is 2.21. The summed E-state index contributed by atoms with van der Waals surface area (Å²) in [7, 11) is 1.66. The number of ether oxygens (including phenoxy) is 2. The van der Waals surface area contributed by atoms with Gasteiger partial charge in [0.2, 0.25) is 5.91 Å². The zero-order valence-corrected chi connectivity index (χ0v) is 20.4. The second-order valence-corrected chi connectivity index (χ2v) is 8.41. The summed E-state index contributed by atoms with van der Waals surface area (Å²) in [6.07, 6.45) is 0.959. The van der Waals surface area contributed by atoms with Crippen molar-refractivity contribution in [1.82, 2.24) is 14.7 Å². The summed E-state index contributed by atoms with van der Waals surface area (Å²) in [6, 6.07) is 18.9. The zero-order chi connectivity index (χ0) is 24.6. The number of carbonyl (C=O) groups is 1. The second kappa shape index (κ2) is 11.6. The Hall–Kier alpha value is -3.81. The molecule has 3 aromatic rings. The SMILES string of the molecule is CCOc1ccc(-c2ccc(=O)n(CCCC(=O)N3CCN(c4ccc(OC)cc4)CC3)n2)cc1. The van der Waals surface area contributed by atoms with Crippen LogP contribution < -0.4 is 19.9 Å². The molecule has 1 aromatic heterocycles. The van der Waals surface area contributed by atoms with Gasteiger partial charge in [0.05, 0.1) is 19.4 Å². The molecule has 2 heterocycles. The van der Waals surface area contributed by atoms with E-state index in [1.165, 1.54) is 10.7 Å². The summed E-state index contributed by atoms with van der Waals surface area (Å²) >= 11 is 0. The Bertz CT molecular complexity index is 1170. The predicted octanol–water partition coefficient (Wildman–Crippen LogP) is 3.45. The third-order valence-electron chi connectivity index (χ3n) is 6.16. The first-order valence-corrected chi connectivity index (χ1v) is 12.1. The third kappa shape index (κ3) is 6.20.